The average molecular weight is 296 g/mol. The number of nitrogens with zero attached hydrogens (tertiary/aromatic N) is 1. The Labute approximate surface area is 131 Å². The van der Waals surface area contributed by atoms with Gasteiger partial charge in [-0.2, -0.15) is 0 Å². The molecular formula is C19H24N2O. The SMILES string of the molecule is CC[C@H]1C[C@@H]2C[C@H]3c4[nH]c5ccccc5c4CCN([C@@H]13)[C@@H]2O. The maximum Gasteiger partial charge on any atom is 0.110 e. The van der Waals surface area contributed by atoms with Crippen LogP contribution in [0.3, 0.4) is 0 Å². The lowest BCUT2D eigenvalue weighted by Crippen LogP contribution is -2.61. The first-order valence-corrected chi connectivity index (χ1v) is 8.81. The molecule has 3 heteroatoms. The number of aliphatic hydroxyl groups excluding tert-OH is 1. The Morgan fingerprint density at radius 2 is 2.14 bits per heavy atom. The molecule has 4 aliphatic rings. The van der Waals surface area contributed by atoms with Crippen LogP contribution >= 0.6 is 0 Å². The summed E-state index contributed by atoms with van der Waals surface area (Å²) >= 11 is 0. The third-order valence-corrected chi connectivity index (χ3v) is 6.56. The van der Waals surface area contributed by atoms with E-state index in [1.807, 2.05) is 0 Å². The summed E-state index contributed by atoms with van der Waals surface area (Å²) in [5, 5.41) is 12.1. The Morgan fingerprint density at radius 3 is 3.00 bits per heavy atom. The molecule has 2 saturated heterocycles. The second-order valence-electron chi connectivity index (χ2n) is 7.46. The number of nitrogens with one attached hydrogen (secondary N) is 1. The number of aliphatic hydroxyl groups is 1. The molecule has 3 nitrogen and oxygen atoms in total. The van der Waals surface area contributed by atoms with Gasteiger partial charge in [0.2, 0.25) is 0 Å². The number of hydrogen-bond donors (Lipinski definition) is 2. The van der Waals surface area contributed by atoms with Crippen LogP contribution in [0.15, 0.2) is 24.3 Å². The highest BCUT2D eigenvalue weighted by molar-refractivity contribution is 5.85. The Morgan fingerprint density at radius 1 is 1.27 bits per heavy atom. The van der Waals surface area contributed by atoms with Gasteiger partial charge in [0, 0.05) is 35.1 Å². The van der Waals surface area contributed by atoms with Gasteiger partial charge in [-0.15, -0.1) is 0 Å². The summed E-state index contributed by atoms with van der Waals surface area (Å²) < 4.78 is 0. The third kappa shape index (κ3) is 1.59. The van der Waals surface area contributed by atoms with E-state index in [-0.39, 0.29) is 6.23 Å². The van der Waals surface area contributed by atoms with E-state index in [4.69, 9.17) is 0 Å². The van der Waals surface area contributed by atoms with Crippen molar-refractivity contribution in [3.8, 4) is 0 Å². The quantitative estimate of drug-likeness (QED) is 0.848. The number of piperidine rings is 2. The van der Waals surface area contributed by atoms with Crippen molar-refractivity contribution < 1.29 is 5.11 Å². The number of aromatic amines is 1. The van der Waals surface area contributed by atoms with E-state index in [0.29, 0.717) is 17.9 Å². The van der Waals surface area contributed by atoms with E-state index >= 15 is 0 Å². The molecule has 116 valence electrons. The molecule has 1 unspecified atom stereocenters. The normalized spacial score (nSPS) is 39.7. The minimum absolute atomic E-state index is 0.209. The zero-order valence-corrected chi connectivity index (χ0v) is 13.1. The van der Waals surface area contributed by atoms with Crippen molar-refractivity contribution >= 4 is 10.9 Å². The molecule has 2 N–H and O–H groups in total. The number of aromatic nitrogens is 1. The van der Waals surface area contributed by atoms with Crippen LogP contribution in [0.2, 0.25) is 0 Å². The van der Waals surface area contributed by atoms with E-state index in [1.165, 1.54) is 35.0 Å². The van der Waals surface area contributed by atoms with Gasteiger partial charge in [-0.25, -0.2) is 0 Å². The van der Waals surface area contributed by atoms with Crippen molar-refractivity contribution in [1.29, 1.82) is 0 Å². The highest BCUT2D eigenvalue weighted by atomic mass is 16.3. The van der Waals surface area contributed by atoms with Crippen LogP contribution in [0.5, 0.6) is 0 Å². The molecule has 2 aromatic rings. The molecule has 1 aliphatic carbocycles. The van der Waals surface area contributed by atoms with Crippen LogP contribution in [0.1, 0.15) is 43.4 Å². The summed E-state index contributed by atoms with van der Waals surface area (Å²) in [4.78, 5) is 6.18. The lowest BCUT2D eigenvalue weighted by molar-refractivity contribution is -0.156. The van der Waals surface area contributed by atoms with Crippen molar-refractivity contribution in [2.24, 2.45) is 11.8 Å². The van der Waals surface area contributed by atoms with Crippen molar-refractivity contribution in [1.82, 2.24) is 9.88 Å². The van der Waals surface area contributed by atoms with Crippen LogP contribution in [0.25, 0.3) is 10.9 Å². The van der Waals surface area contributed by atoms with E-state index in [1.54, 1.807) is 0 Å². The van der Waals surface area contributed by atoms with E-state index in [2.05, 4.69) is 41.1 Å². The molecule has 6 atom stereocenters. The van der Waals surface area contributed by atoms with Gasteiger partial charge in [0.25, 0.3) is 0 Å². The molecule has 3 fully saturated rings. The first kappa shape index (κ1) is 13.1. The van der Waals surface area contributed by atoms with Crippen molar-refractivity contribution in [2.75, 3.05) is 6.54 Å². The van der Waals surface area contributed by atoms with Gasteiger partial charge in [-0.1, -0.05) is 31.5 Å². The third-order valence-electron chi connectivity index (χ3n) is 6.56. The zero-order valence-electron chi connectivity index (χ0n) is 13.1. The number of fused-ring (bicyclic) bond motifs is 4. The van der Waals surface area contributed by atoms with Crippen molar-refractivity contribution in [2.45, 2.75) is 50.8 Å². The molecule has 4 heterocycles. The molecule has 4 bridgehead atoms. The summed E-state index contributed by atoms with van der Waals surface area (Å²) in [5.74, 6) is 1.78. The largest absolute Gasteiger partial charge is 0.378 e. The predicted molar refractivity (Wildman–Crippen MR) is 87.7 cm³/mol. The van der Waals surface area contributed by atoms with Crippen molar-refractivity contribution in [3.63, 3.8) is 0 Å². The van der Waals surface area contributed by atoms with Gasteiger partial charge in [0.05, 0.1) is 0 Å². The molecule has 0 radical (unpaired) electrons. The molecule has 3 aliphatic heterocycles. The second-order valence-corrected chi connectivity index (χ2v) is 7.46. The number of benzene rings is 1. The zero-order chi connectivity index (χ0) is 14.8. The molecule has 1 saturated carbocycles. The smallest absolute Gasteiger partial charge is 0.110 e. The second kappa shape index (κ2) is 4.59. The molecule has 22 heavy (non-hydrogen) atoms. The van der Waals surface area contributed by atoms with E-state index in [9.17, 15) is 5.11 Å². The summed E-state index contributed by atoms with van der Waals surface area (Å²) in [6.45, 7) is 3.32. The fraction of sp³-hybridized carbons (Fsp3) is 0.579. The fourth-order valence-corrected chi connectivity index (χ4v) is 5.64. The first-order chi connectivity index (χ1) is 10.8. The molecule has 0 spiro atoms. The Kier molecular flexibility index (Phi) is 2.74. The lowest BCUT2D eigenvalue weighted by Gasteiger charge is -2.55. The van der Waals surface area contributed by atoms with Crippen LogP contribution < -0.4 is 0 Å². The van der Waals surface area contributed by atoms with Gasteiger partial charge in [0.1, 0.15) is 6.23 Å². The Balaban J connectivity index is 1.69. The maximum absolute atomic E-state index is 10.7. The van der Waals surface area contributed by atoms with E-state index < -0.39 is 0 Å². The van der Waals surface area contributed by atoms with Gasteiger partial charge < -0.3 is 10.1 Å². The average Bonchev–Trinajstić information content (AvgIpc) is 2.86. The topological polar surface area (TPSA) is 39.3 Å². The van der Waals surface area contributed by atoms with Crippen LogP contribution in [-0.2, 0) is 6.42 Å². The highest BCUT2D eigenvalue weighted by Crippen LogP contribution is 2.52. The lowest BCUT2D eigenvalue weighted by atomic mass is 9.64. The number of para-hydroxylation sites is 1. The maximum atomic E-state index is 10.7. The minimum Gasteiger partial charge on any atom is -0.378 e. The highest BCUT2D eigenvalue weighted by Gasteiger charge is 2.52. The minimum atomic E-state index is -0.209. The van der Waals surface area contributed by atoms with E-state index in [0.717, 1.165) is 25.3 Å². The monoisotopic (exact) mass is 296 g/mol. The summed E-state index contributed by atoms with van der Waals surface area (Å²) in [6, 6.07) is 9.25. The van der Waals surface area contributed by atoms with Gasteiger partial charge in [-0.3, -0.25) is 4.90 Å². The molecule has 0 amide bonds. The van der Waals surface area contributed by atoms with Crippen LogP contribution in [0.4, 0.5) is 0 Å². The van der Waals surface area contributed by atoms with Crippen LogP contribution in [-0.4, -0.2) is 33.8 Å². The summed E-state index contributed by atoms with van der Waals surface area (Å²) in [6.07, 6.45) is 4.45. The number of rotatable bonds is 1. The van der Waals surface area contributed by atoms with Crippen molar-refractivity contribution in [3.05, 3.63) is 35.5 Å². The predicted octanol–water partition coefficient (Wildman–Crippen LogP) is 3.25. The Hall–Kier alpha value is -1.32. The molecule has 1 aromatic heterocycles. The standard InChI is InChI=1S/C19H24N2O/c1-2-11-9-12-10-15-17-14(7-8-21(18(11)15)19(12)22)13-5-3-4-6-16(13)20-17/h3-6,11-12,15,18-20,22H,2,7-10H2,1H3/t11-,12+,15-,18-,19+/m0/s1. The van der Waals surface area contributed by atoms with Crippen LogP contribution in [0, 0.1) is 11.8 Å². The number of H-pyrrole nitrogens is 1. The van der Waals surface area contributed by atoms with Gasteiger partial charge in [-0.05, 0) is 42.7 Å². The van der Waals surface area contributed by atoms with Gasteiger partial charge >= 0.3 is 0 Å². The first-order valence-electron chi connectivity index (χ1n) is 8.81. The Bertz CT molecular complexity index is 721. The van der Waals surface area contributed by atoms with Gasteiger partial charge in [0.15, 0.2) is 0 Å². The summed E-state index contributed by atoms with van der Waals surface area (Å²) in [5.41, 5.74) is 4.28. The fourth-order valence-electron chi connectivity index (χ4n) is 5.64. The molecular weight excluding hydrogens is 272 g/mol. The summed E-state index contributed by atoms with van der Waals surface area (Å²) in [7, 11) is 0. The molecule has 6 rings (SSSR count). The number of hydrogen-bond acceptors (Lipinski definition) is 2. The molecule has 1 aromatic carbocycles.